The maximum Gasteiger partial charge on any atom is 0.416 e. The van der Waals surface area contributed by atoms with Crippen LogP contribution in [0, 0.1) is 0 Å². The van der Waals surface area contributed by atoms with Crippen molar-refractivity contribution in [2.24, 2.45) is 5.73 Å². The van der Waals surface area contributed by atoms with Crippen molar-refractivity contribution in [2.45, 2.75) is 62.3 Å². The zero-order chi connectivity index (χ0) is 25.7. The molecule has 2 saturated heterocycles. The maximum atomic E-state index is 13.6. The molecule has 0 atom stereocenters. The van der Waals surface area contributed by atoms with E-state index in [9.17, 15) is 26.7 Å². The van der Waals surface area contributed by atoms with Crippen LogP contribution in [0.15, 0.2) is 24.5 Å². The topological polar surface area (TPSA) is 78.6 Å². The van der Waals surface area contributed by atoms with Crippen LogP contribution < -0.4 is 10.6 Å². The molecule has 12 heteroatoms. The monoisotopic (exact) mass is 512 g/mol. The lowest BCUT2D eigenvalue weighted by Gasteiger charge is -2.51. The molecule has 7 nitrogen and oxygen atoms in total. The van der Waals surface area contributed by atoms with Gasteiger partial charge in [-0.25, -0.2) is 18.7 Å². The first-order valence-corrected chi connectivity index (χ1v) is 12.2. The summed E-state index contributed by atoms with van der Waals surface area (Å²) in [7, 11) is 0. The van der Waals surface area contributed by atoms with Crippen LogP contribution in [0.5, 0.6) is 0 Å². The van der Waals surface area contributed by atoms with Crippen LogP contribution in [0.2, 0.25) is 0 Å². The molecule has 36 heavy (non-hydrogen) atoms. The highest BCUT2D eigenvalue weighted by molar-refractivity contribution is 5.92. The summed E-state index contributed by atoms with van der Waals surface area (Å²) in [4.78, 5) is 26.1. The second-order valence-corrected chi connectivity index (χ2v) is 10.2. The number of hydrogen-bond donors (Lipinski definition) is 1. The van der Waals surface area contributed by atoms with E-state index in [0.717, 1.165) is 37.8 Å². The average Bonchev–Trinajstić information content (AvgIpc) is 3.16. The number of fused-ring (bicyclic) bond motifs is 1. The SMILES string of the molecule is NC(=O)CN(c1ncnc2ccc(C(F)(F)F)cc12)C1CN(C2CCC(N3CCC(F)(F)C3)CC2)C1. The maximum absolute atomic E-state index is 13.6. The Morgan fingerprint density at radius 3 is 2.33 bits per heavy atom. The number of amides is 1. The highest BCUT2D eigenvalue weighted by Gasteiger charge is 2.43. The first-order chi connectivity index (χ1) is 17.0. The number of primary amides is 1. The lowest BCUT2D eigenvalue weighted by Crippen LogP contribution is -2.64. The van der Waals surface area contributed by atoms with Gasteiger partial charge < -0.3 is 10.6 Å². The van der Waals surface area contributed by atoms with E-state index in [-0.39, 0.29) is 42.8 Å². The van der Waals surface area contributed by atoms with E-state index >= 15 is 0 Å². The van der Waals surface area contributed by atoms with E-state index in [4.69, 9.17) is 5.73 Å². The van der Waals surface area contributed by atoms with Crippen molar-refractivity contribution in [3.05, 3.63) is 30.1 Å². The zero-order valence-electron chi connectivity index (χ0n) is 19.7. The fraction of sp³-hybridized carbons (Fsp3) is 0.625. The molecule has 0 radical (unpaired) electrons. The van der Waals surface area contributed by atoms with Crippen LogP contribution in [0.1, 0.15) is 37.7 Å². The third kappa shape index (κ3) is 5.10. The molecule has 1 aromatic heterocycles. The zero-order valence-corrected chi connectivity index (χ0v) is 19.7. The molecule has 3 fully saturated rings. The molecule has 1 saturated carbocycles. The van der Waals surface area contributed by atoms with Gasteiger partial charge in [0.1, 0.15) is 12.1 Å². The largest absolute Gasteiger partial charge is 0.416 e. The summed E-state index contributed by atoms with van der Waals surface area (Å²) < 4.78 is 67.2. The number of hydrogen-bond acceptors (Lipinski definition) is 6. The Morgan fingerprint density at radius 1 is 1.08 bits per heavy atom. The molecule has 2 aromatic rings. The molecule has 2 N–H and O–H groups in total. The summed E-state index contributed by atoms with van der Waals surface area (Å²) in [6.45, 7) is 1.36. The fourth-order valence-corrected chi connectivity index (χ4v) is 5.84. The molecule has 0 spiro atoms. The minimum absolute atomic E-state index is 0.0708. The molecule has 1 amide bonds. The Hall–Kier alpha value is -2.60. The van der Waals surface area contributed by atoms with Crippen molar-refractivity contribution in [3.8, 4) is 0 Å². The number of carbonyl (C=O) groups excluding carboxylic acids is 1. The summed E-state index contributed by atoms with van der Waals surface area (Å²) in [5.41, 5.74) is 5.03. The number of benzene rings is 1. The van der Waals surface area contributed by atoms with Gasteiger partial charge in [0, 0.05) is 43.5 Å². The smallest absolute Gasteiger partial charge is 0.368 e. The van der Waals surface area contributed by atoms with Crippen molar-refractivity contribution in [1.82, 2.24) is 19.8 Å². The molecule has 0 bridgehead atoms. The Balaban J connectivity index is 1.27. The number of likely N-dealkylation sites (tertiary alicyclic amines) is 2. The Kier molecular flexibility index (Phi) is 6.52. The van der Waals surface area contributed by atoms with Crippen LogP contribution in [0.25, 0.3) is 10.9 Å². The first-order valence-electron chi connectivity index (χ1n) is 12.2. The predicted octanol–water partition coefficient (Wildman–Crippen LogP) is 3.28. The van der Waals surface area contributed by atoms with Gasteiger partial charge in [0.2, 0.25) is 5.91 Å². The van der Waals surface area contributed by atoms with Crippen molar-refractivity contribution in [2.75, 3.05) is 37.6 Å². The lowest BCUT2D eigenvalue weighted by molar-refractivity contribution is -0.137. The number of aromatic nitrogens is 2. The van der Waals surface area contributed by atoms with E-state index in [0.29, 0.717) is 31.2 Å². The molecular formula is C24H29F5N6O. The van der Waals surface area contributed by atoms with Crippen molar-refractivity contribution >= 4 is 22.6 Å². The summed E-state index contributed by atoms with van der Waals surface area (Å²) in [6, 6.07) is 3.65. The molecule has 3 heterocycles. The van der Waals surface area contributed by atoms with Crippen molar-refractivity contribution < 1.29 is 26.7 Å². The second kappa shape index (κ2) is 9.37. The first kappa shape index (κ1) is 25.1. The van der Waals surface area contributed by atoms with Crippen molar-refractivity contribution in [1.29, 1.82) is 0 Å². The summed E-state index contributed by atoms with van der Waals surface area (Å²) in [6.07, 6.45) is 0.221. The van der Waals surface area contributed by atoms with Gasteiger partial charge in [0.25, 0.3) is 5.92 Å². The van der Waals surface area contributed by atoms with E-state index in [2.05, 4.69) is 14.9 Å². The van der Waals surface area contributed by atoms with E-state index in [1.54, 1.807) is 4.90 Å². The molecule has 0 unspecified atom stereocenters. The van der Waals surface area contributed by atoms with Crippen LogP contribution in [-0.2, 0) is 11.0 Å². The molecule has 2 aliphatic heterocycles. The number of anilines is 1. The van der Waals surface area contributed by atoms with Crippen LogP contribution in [-0.4, -0.2) is 82.4 Å². The molecule has 3 aliphatic rings. The van der Waals surface area contributed by atoms with Crippen LogP contribution in [0.3, 0.4) is 0 Å². The minimum Gasteiger partial charge on any atom is -0.368 e. The number of halogens is 5. The molecule has 1 aromatic carbocycles. The van der Waals surface area contributed by atoms with Gasteiger partial charge in [-0.1, -0.05) is 0 Å². The third-order valence-electron chi connectivity index (χ3n) is 7.77. The predicted molar refractivity (Wildman–Crippen MR) is 124 cm³/mol. The Bertz CT molecular complexity index is 1110. The van der Waals surface area contributed by atoms with Crippen LogP contribution in [0.4, 0.5) is 27.8 Å². The number of alkyl halides is 5. The normalized spacial score (nSPS) is 25.7. The molecule has 1 aliphatic carbocycles. The van der Waals surface area contributed by atoms with Gasteiger partial charge in [-0.05, 0) is 43.9 Å². The van der Waals surface area contributed by atoms with Crippen molar-refractivity contribution in [3.63, 3.8) is 0 Å². The minimum atomic E-state index is -4.52. The quantitative estimate of drug-likeness (QED) is 0.599. The average molecular weight is 513 g/mol. The van der Waals surface area contributed by atoms with Gasteiger partial charge in [-0.15, -0.1) is 0 Å². The Morgan fingerprint density at radius 2 is 1.75 bits per heavy atom. The third-order valence-corrected chi connectivity index (χ3v) is 7.77. The van der Waals surface area contributed by atoms with E-state index in [1.165, 1.54) is 12.4 Å². The number of carbonyl (C=O) groups is 1. The lowest BCUT2D eigenvalue weighted by atomic mass is 9.87. The van der Waals surface area contributed by atoms with Gasteiger partial charge in [0.15, 0.2) is 0 Å². The second-order valence-electron chi connectivity index (χ2n) is 10.2. The number of nitrogens with two attached hydrogens (primary N) is 1. The number of rotatable bonds is 6. The molecule has 196 valence electrons. The van der Waals surface area contributed by atoms with Gasteiger partial charge in [-0.2, -0.15) is 13.2 Å². The number of nitrogens with zero attached hydrogens (tertiary/aromatic N) is 5. The Labute approximate surface area is 205 Å². The summed E-state index contributed by atoms with van der Waals surface area (Å²) in [5, 5.41) is 0.218. The van der Waals surface area contributed by atoms with Gasteiger partial charge in [0.05, 0.1) is 30.2 Å². The standard InChI is InChI=1S/C24H29F5N6O/c25-23(26)7-8-33(13-23)16-2-4-17(5-3-16)34-10-18(11-34)35(12-21(30)36)22-19-9-15(24(27,28)29)1-6-20(19)31-14-32-22/h1,6,9,14,16-18H,2-5,7-8,10-13H2,(H2,30,36). The summed E-state index contributed by atoms with van der Waals surface area (Å²) in [5.74, 6) is -2.93. The molecular weight excluding hydrogens is 483 g/mol. The van der Waals surface area contributed by atoms with Crippen LogP contribution >= 0.6 is 0 Å². The van der Waals surface area contributed by atoms with E-state index in [1.807, 2.05) is 4.90 Å². The van der Waals surface area contributed by atoms with Gasteiger partial charge >= 0.3 is 6.18 Å². The highest BCUT2D eigenvalue weighted by atomic mass is 19.4. The van der Waals surface area contributed by atoms with Gasteiger partial charge in [-0.3, -0.25) is 14.6 Å². The highest BCUT2D eigenvalue weighted by Crippen LogP contribution is 2.37. The fourth-order valence-electron chi connectivity index (χ4n) is 5.84. The molecule has 5 rings (SSSR count). The summed E-state index contributed by atoms with van der Waals surface area (Å²) >= 11 is 0. The van der Waals surface area contributed by atoms with E-state index < -0.39 is 23.6 Å².